The SMILES string of the molecule is CCOC(=O)/C=C/C[C@@H](C[C@@H](O[Si](C)(C)C(C)(C)C)[C@@H](C)O[Si](C)(C)C(C)(C)C)OCc1ccc(OC)cc1. The van der Waals surface area contributed by atoms with E-state index in [-0.39, 0.29) is 34.4 Å². The molecule has 0 aliphatic heterocycles. The normalized spacial score (nSPS) is 15.7. The smallest absolute Gasteiger partial charge is 0.330 e. The Hall–Kier alpha value is -1.46. The van der Waals surface area contributed by atoms with Gasteiger partial charge in [-0.05, 0) is 74.2 Å². The number of rotatable bonds is 15. The van der Waals surface area contributed by atoms with Gasteiger partial charge < -0.3 is 23.1 Å². The molecule has 0 radical (unpaired) electrons. The number of methoxy groups -OCH3 is 1. The van der Waals surface area contributed by atoms with Crippen LogP contribution in [0.25, 0.3) is 0 Å². The van der Waals surface area contributed by atoms with Crippen LogP contribution in [0.2, 0.25) is 36.3 Å². The molecule has 0 amide bonds. The molecule has 1 rings (SSSR count). The zero-order chi connectivity index (χ0) is 30.1. The van der Waals surface area contributed by atoms with E-state index in [2.05, 4.69) is 74.7 Å². The summed E-state index contributed by atoms with van der Waals surface area (Å²) in [6, 6.07) is 7.90. The quantitative estimate of drug-likeness (QED) is 0.118. The van der Waals surface area contributed by atoms with Gasteiger partial charge in [0, 0.05) is 12.5 Å². The van der Waals surface area contributed by atoms with Crippen molar-refractivity contribution in [3.05, 3.63) is 42.0 Å². The van der Waals surface area contributed by atoms with Crippen LogP contribution in [0.3, 0.4) is 0 Å². The van der Waals surface area contributed by atoms with Gasteiger partial charge in [-0.2, -0.15) is 0 Å². The Morgan fingerprint density at radius 1 is 0.923 bits per heavy atom. The topological polar surface area (TPSA) is 63.2 Å². The van der Waals surface area contributed by atoms with Crippen molar-refractivity contribution in [1.82, 2.24) is 0 Å². The summed E-state index contributed by atoms with van der Waals surface area (Å²) in [5, 5.41) is 0.153. The minimum absolute atomic E-state index is 0.0607. The predicted molar refractivity (Wildman–Crippen MR) is 166 cm³/mol. The van der Waals surface area contributed by atoms with Crippen LogP contribution in [0.4, 0.5) is 0 Å². The Morgan fingerprint density at radius 3 is 1.95 bits per heavy atom. The van der Waals surface area contributed by atoms with Crippen molar-refractivity contribution in [1.29, 1.82) is 0 Å². The highest BCUT2D eigenvalue weighted by atomic mass is 28.4. The lowest BCUT2D eigenvalue weighted by molar-refractivity contribution is -0.137. The van der Waals surface area contributed by atoms with Crippen LogP contribution in [0.5, 0.6) is 5.75 Å². The molecule has 0 aliphatic rings. The molecule has 0 saturated heterocycles. The molecular weight excluding hydrogens is 525 g/mol. The predicted octanol–water partition coefficient (Wildman–Crippen LogP) is 8.28. The van der Waals surface area contributed by atoms with Crippen molar-refractivity contribution in [3.8, 4) is 5.75 Å². The second kappa shape index (κ2) is 15.0. The number of esters is 1. The van der Waals surface area contributed by atoms with Crippen LogP contribution in [-0.2, 0) is 29.7 Å². The molecule has 0 heterocycles. The second-order valence-electron chi connectivity index (χ2n) is 13.4. The lowest BCUT2D eigenvalue weighted by atomic mass is 10.0. The third-order valence-electron chi connectivity index (χ3n) is 8.14. The molecule has 0 N–H and O–H groups in total. The molecule has 1 aromatic rings. The van der Waals surface area contributed by atoms with Gasteiger partial charge >= 0.3 is 5.97 Å². The first-order valence-corrected chi connectivity index (χ1v) is 20.1. The fourth-order valence-corrected chi connectivity index (χ4v) is 6.37. The van der Waals surface area contributed by atoms with E-state index in [9.17, 15) is 4.79 Å². The van der Waals surface area contributed by atoms with Crippen LogP contribution >= 0.6 is 0 Å². The van der Waals surface area contributed by atoms with Gasteiger partial charge in [0.25, 0.3) is 0 Å². The van der Waals surface area contributed by atoms with Crippen molar-refractivity contribution in [2.24, 2.45) is 0 Å². The number of carbonyl (C=O) groups excluding carboxylic acids is 1. The molecule has 6 nitrogen and oxygen atoms in total. The molecule has 0 aliphatic carbocycles. The molecule has 0 bridgehead atoms. The molecule has 8 heteroatoms. The van der Waals surface area contributed by atoms with Gasteiger partial charge in [-0.25, -0.2) is 4.79 Å². The van der Waals surface area contributed by atoms with Crippen molar-refractivity contribution >= 4 is 22.6 Å². The molecule has 0 unspecified atom stereocenters. The zero-order valence-electron chi connectivity index (χ0n) is 27.0. The fraction of sp³-hybridized carbons (Fsp3) is 0.710. The number of ether oxygens (including phenoxy) is 3. The van der Waals surface area contributed by atoms with Crippen molar-refractivity contribution in [2.45, 2.75) is 129 Å². The number of hydrogen-bond donors (Lipinski definition) is 0. The Balaban J connectivity index is 3.25. The van der Waals surface area contributed by atoms with Crippen LogP contribution in [0.1, 0.15) is 73.8 Å². The molecule has 224 valence electrons. The van der Waals surface area contributed by atoms with Crippen LogP contribution in [0, 0.1) is 0 Å². The summed E-state index contributed by atoms with van der Waals surface area (Å²) in [6.07, 6.45) is 4.16. The van der Waals surface area contributed by atoms with E-state index in [1.165, 1.54) is 6.08 Å². The summed E-state index contributed by atoms with van der Waals surface area (Å²) >= 11 is 0. The average Bonchev–Trinajstić information content (AvgIpc) is 2.80. The maximum Gasteiger partial charge on any atom is 0.330 e. The third-order valence-corrected chi connectivity index (χ3v) is 17.2. The van der Waals surface area contributed by atoms with Gasteiger partial charge in [0.05, 0.1) is 38.6 Å². The van der Waals surface area contributed by atoms with Crippen molar-refractivity contribution in [3.63, 3.8) is 0 Å². The van der Waals surface area contributed by atoms with E-state index in [4.69, 9.17) is 23.1 Å². The van der Waals surface area contributed by atoms with E-state index in [0.717, 1.165) is 11.3 Å². The maximum atomic E-state index is 11.9. The highest BCUT2D eigenvalue weighted by molar-refractivity contribution is 6.74. The zero-order valence-corrected chi connectivity index (χ0v) is 29.0. The molecular formula is C31H56O6Si2. The molecule has 39 heavy (non-hydrogen) atoms. The largest absolute Gasteiger partial charge is 0.497 e. The Labute approximate surface area is 241 Å². The van der Waals surface area contributed by atoms with Gasteiger partial charge in [0.1, 0.15) is 5.75 Å². The third kappa shape index (κ3) is 11.9. The Kier molecular flexibility index (Phi) is 13.6. The van der Waals surface area contributed by atoms with Crippen molar-refractivity contribution < 1.29 is 27.9 Å². The molecule has 0 spiro atoms. The molecule has 3 atom stereocenters. The summed E-state index contributed by atoms with van der Waals surface area (Å²) in [5.74, 6) is 0.474. The lowest BCUT2D eigenvalue weighted by Gasteiger charge is -2.45. The minimum atomic E-state index is -2.10. The lowest BCUT2D eigenvalue weighted by Crippen LogP contribution is -2.51. The second-order valence-corrected chi connectivity index (χ2v) is 22.9. The first kappa shape index (κ1) is 35.6. The summed E-state index contributed by atoms with van der Waals surface area (Å²) in [7, 11) is -2.47. The van der Waals surface area contributed by atoms with E-state index >= 15 is 0 Å². The number of hydrogen-bond acceptors (Lipinski definition) is 6. The molecule has 0 saturated carbocycles. The Morgan fingerprint density at radius 2 is 1.46 bits per heavy atom. The van der Waals surface area contributed by atoms with Crippen LogP contribution < -0.4 is 4.74 Å². The van der Waals surface area contributed by atoms with Gasteiger partial charge in [0.2, 0.25) is 0 Å². The Bertz CT molecular complexity index is 897. The van der Waals surface area contributed by atoms with Crippen molar-refractivity contribution in [2.75, 3.05) is 13.7 Å². The van der Waals surface area contributed by atoms with Gasteiger partial charge in [-0.15, -0.1) is 0 Å². The highest BCUT2D eigenvalue weighted by Gasteiger charge is 2.44. The summed E-state index contributed by atoms with van der Waals surface area (Å²) < 4.78 is 30.7. The number of carbonyl (C=O) groups is 1. The summed E-state index contributed by atoms with van der Waals surface area (Å²) in [4.78, 5) is 11.9. The van der Waals surface area contributed by atoms with Crippen LogP contribution in [0.15, 0.2) is 36.4 Å². The van der Waals surface area contributed by atoms with Gasteiger partial charge in [-0.1, -0.05) is 59.8 Å². The molecule has 1 aromatic carbocycles. The average molecular weight is 581 g/mol. The van der Waals surface area contributed by atoms with E-state index in [0.29, 0.717) is 26.1 Å². The standard InChI is InChI=1S/C31H56O6Si2/c1-14-34-29(32)17-15-16-27(35-23-25-18-20-26(33-9)21-19-25)22-28(37-39(12,13)31(6,7)8)24(2)36-38(10,11)30(3,4)5/h15,17-21,24,27-28H,14,16,22-23H2,1-13H3/b17-15+/t24-,27+,28-/m1/s1. The first-order chi connectivity index (χ1) is 17.8. The van der Waals surface area contributed by atoms with Gasteiger partial charge in [-0.3, -0.25) is 0 Å². The highest BCUT2D eigenvalue weighted by Crippen LogP contribution is 2.41. The molecule has 0 fully saturated rings. The maximum absolute atomic E-state index is 11.9. The van der Waals surface area contributed by atoms with E-state index < -0.39 is 16.6 Å². The fourth-order valence-electron chi connectivity index (χ4n) is 3.54. The number of benzene rings is 1. The summed E-state index contributed by atoms with van der Waals surface area (Å²) in [6.45, 7) is 27.5. The van der Waals surface area contributed by atoms with Crippen LogP contribution in [-0.4, -0.2) is 54.6 Å². The van der Waals surface area contributed by atoms with Gasteiger partial charge in [0.15, 0.2) is 16.6 Å². The minimum Gasteiger partial charge on any atom is -0.497 e. The summed E-state index contributed by atoms with van der Waals surface area (Å²) in [5.41, 5.74) is 1.06. The van der Waals surface area contributed by atoms with E-state index in [1.807, 2.05) is 30.3 Å². The first-order valence-electron chi connectivity index (χ1n) is 14.3. The monoisotopic (exact) mass is 580 g/mol. The molecule has 0 aromatic heterocycles. The van der Waals surface area contributed by atoms with E-state index in [1.54, 1.807) is 14.0 Å².